The molecule has 1 unspecified atom stereocenters. The molecule has 0 aromatic heterocycles. The Labute approximate surface area is 113 Å². The fraction of sp³-hybridized carbons (Fsp3) is 0.533. The molecule has 1 atom stereocenters. The average Bonchev–Trinajstić information content (AvgIpc) is 2.42. The molecule has 1 aliphatic rings. The number of hydrogen-bond donors (Lipinski definition) is 3. The van der Waals surface area contributed by atoms with Crippen molar-refractivity contribution in [2.75, 3.05) is 0 Å². The lowest BCUT2D eigenvalue weighted by atomic mass is 9.94. The zero-order chi connectivity index (χ0) is 13.8. The molecule has 1 fully saturated rings. The van der Waals surface area contributed by atoms with E-state index in [0.29, 0.717) is 5.56 Å². The van der Waals surface area contributed by atoms with E-state index in [4.69, 9.17) is 0 Å². The molecule has 0 heterocycles. The minimum Gasteiger partial charge on any atom is -0.504 e. The maximum Gasteiger partial charge on any atom is 0.227 e. The lowest BCUT2D eigenvalue weighted by Gasteiger charge is -2.24. The van der Waals surface area contributed by atoms with E-state index < -0.39 is 0 Å². The fourth-order valence-electron chi connectivity index (χ4n) is 2.53. The van der Waals surface area contributed by atoms with Crippen molar-refractivity contribution < 1.29 is 15.0 Å². The van der Waals surface area contributed by atoms with Gasteiger partial charge < -0.3 is 15.5 Å². The van der Waals surface area contributed by atoms with Gasteiger partial charge in [0.05, 0.1) is 5.92 Å². The minimum atomic E-state index is -0.326. The zero-order valence-corrected chi connectivity index (χ0v) is 11.2. The quantitative estimate of drug-likeness (QED) is 0.734. The largest absolute Gasteiger partial charge is 0.504 e. The first kappa shape index (κ1) is 13.7. The summed E-state index contributed by atoms with van der Waals surface area (Å²) in [6.45, 7) is 1.81. The maximum atomic E-state index is 12.2. The van der Waals surface area contributed by atoms with Gasteiger partial charge >= 0.3 is 0 Å². The topological polar surface area (TPSA) is 69.6 Å². The van der Waals surface area contributed by atoms with Crippen LogP contribution in [0.4, 0.5) is 0 Å². The van der Waals surface area contributed by atoms with E-state index in [0.717, 1.165) is 12.8 Å². The van der Waals surface area contributed by atoms with E-state index in [1.807, 2.05) is 6.92 Å². The first-order chi connectivity index (χ1) is 9.08. The van der Waals surface area contributed by atoms with Crippen molar-refractivity contribution >= 4 is 5.91 Å². The summed E-state index contributed by atoms with van der Waals surface area (Å²) >= 11 is 0. The summed E-state index contributed by atoms with van der Waals surface area (Å²) in [5, 5.41) is 21.8. The molecule has 1 aromatic rings. The highest BCUT2D eigenvalue weighted by molar-refractivity contribution is 5.83. The van der Waals surface area contributed by atoms with Crippen LogP contribution >= 0.6 is 0 Å². The average molecular weight is 263 g/mol. The van der Waals surface area contributed by atoms with Gasteiger partial charge in [-0.2, -0.15) is 0 Å². The summed E-state index contributed by atoms with van der Waals surface area (Å²) in [5.41, 5.74) is 0.712. The smallest absolute Gasteiger partial charge is 0.227 e. The van der Waals surface area contributed by atoms with E-state index in [1.165, 1.54) is 31.4 Å². The third-order valence-corrected chi connectivity index (χ3v) is 3.84. The molecule has 19 heavy (non-hydrogen) atoms. The van der Waals surface area contributed by atoms with E-state index in [-0.39, 0.29) is 29.4 Å². The van der Waals surface area contributed by atoms with Gasteiger partial charge in [0.2, 0.25) is 5.91 Å². The predicted molar refractivity (Wildman–Crippen MR) is 73.2 cm³/mol. The number of hydrogen-bond acceptors (Lipinski definition) is 3. The summed E-state index contributed by atoms with van der Waals surface area (Å²) in [5.74, 6) is -0.691. The molecule has 0 radical (unpaired) electrons. The lowest BCUT2D eigenvalue weighted by molar-refractivity contribution is -0.123. The van der Waals surface area contributed by atoms with E-state index in [2.05, 4.69) is 5.32 Å². The minimum absolute atomic E-state index is 0.0167. The molecule has 0 aliphatic heterocycles. The molecule has 1 saturated carbocycles. The summed E-state index contributed by atoms with van der Waals surface area (Å²) in [7, 11) is 0. The third-order valence-electron chi connectivity index (χ3n) is 3.84. The number of nitrogens with one attached hydrogen (secondary N) is 1. The van der Waals surface area contributed by atoms with Crippen LogP contribution in [0.3, 0.4) is 0 Å². The van der Waals surface area contributed by atoms with E-state index in [9.17, 15) is 15.0 Å². The Kier molecular flexibility index (Phi) is 4.30. The van der Waals surface area contributed by atoms with Gasteiger partial charge in [-0.3, -0.25) is 4.79 Å². The number of phenols is 2. The maximum absolute atomic E-state index is 12.2. The number of amides is 1. The molecule has 104 valence electrons. The van der Waals surface area contributed by atoms with Gasteiger partial charge in [-0.15, -0.1) is 0 Å². The van der Waals surface area contributed by atoms with Gasteiger partial charge in [-0.1, -0.05) is 25.3 Å². The Morgan fingerprint density at radius 3 is 2.53 bits per heavy atom. The number of carbonyl (C=O) groups is 1. The van der Waals surface area contributed by atoms with Crippen LogP contribution in [-0.4, -0.2) is 22.2 Å². The highest BCUT2D eigenvalue weighted by Crippen LogP contribution is 2.29. The number of phenolic OH excluding ortho intramolecular Hbond substituents is 2. The summed E-state index contributed by atoms with van der Waals surface area (Å²) in [4.78, 5) is 12.2. The predicted octanol–water partition coefficient (Wildman–Crippen LogP) is 2.65. The summed E-state index contributed by atoms with van der Waals surface area (Å²) < 4.78 is 0. The fourth-order valence-corrected chi connectivity index (χ4v) is 2.53. The molecular weight excluding hydrogens is 242 g/mol. The highest BCUT2D eigenvalue weighted by Gasteiger charge is 2.21. The van der Waals surface area contributed by atoms with Crippen LogP contribution in [0.25, 0.3) is 0 Å². The van der Waals surface area contributed by atoms with Crippen LogP contribution in [0, 0.1) is 0 Å². The van der Waals surface area contributed by atoms with Crippen LogP contribution in [-0.2, 0) is 4.79 Å². The molecular formula is C15H21NO3. The Balaban J connectivity index is 1.99. The second-order valence-electron chi connectivity index (χ2n) is 5.31. The molecule has 2 rings (SSSR count). The standard InChI is InChI=1S/C15H21NO3/c1-10(11-7-8-13(17)14(18)9-11)15(19)16-12-5-3-2-4-6-12/h7-10,12,17-18H,2-6H2,1H3,(H,16,19). The van der Waals surface area contributed by atoms with Gasteiger partial charge in [0.25, 0.3) is 0 Å². The lowest BCUT2D eigenvalue weighted by Crippen LogP contribution is -2.38. The van der Waals surface area contributed by atoms with Gasteiger partial charge in [-0.25, -0.2) is 0 Å². The first-order valence-corrected chi connectivity index (χ1v) is 6.90. The van der Waals surface area contributed by atoms with Crippen molar-refractivity contribution in [2.24, 2.45) is 0 Å². The number of rotatable bonds is 3. The van der Waals surface area contributed by atoms with Crippen LogP contribution < -0.4 is 5.32 Å². The molecule has 0 bridgehead atoms. The van der Waals surface area contributed by atoms with Crippen molar-refractivity contribution in [3.05, 3.63) is 23.8 Å². The van der Waals surface area contributed by atoms with Gasteiger partial charge in [0, 0.05) is 6.04 Å². The summed E-state index contributed by atoms with van der Waals surface area (Å²) in [6.07, 6.45) is 5.73. The normalized spacial score (nSPS) is 17.9. The molecule has 3 N–H and O–H groups in total. The number of benzene rings is 1. The SMILES string of the molecule is CC(C(=O)NC1CCCCC1)c1ccc(O)c(O)c1. The van der Waals surface area contributed by atoms with Crippen molar-refractivity contribution in [2.45, 2.75) is 51.0 Å². The van der Waals surface area contributed by atoms with Crippen LogP contribution in [0.5, 0.6) is 11.5 Å². The van der Waals surface area contributed by atoms with Crippen LogP contribution in [0.2, 0.25) is 0 Å². The number of aromatic hydroxyl groups is 2. The number of carbonyl (C=O) groups excluding carboxylic acids is 1. The molecule has 4 heteroatoms. The third kappa shape index (κ3) is 3.40. The monoisotopic (exact) mass is 263 g/mol. The van der Waals surface area contributed by atoms with Gasteiger partial charge in [-0.05, 0) is 37.5 Å². The molecule has 1 amide bonds. The van der Waals surface area contributed by atoms with Gasteiger partial charge in [0.1, 0.15) is 0 Å². The first-order valence-electron chi connectivity index (χ1n) is 6.90. The molecule has 4 nitrogen and oxygen atoms in total. The second-order valence-corrected chi connectivity index (χ2v) is 5.31. The zero-order valence-electron chi connectivity index (χ0n) is 11.2. The van der Waals surface area contributed by atoms with Gasteiger partial charge in [0.15, 0.2) is 11.5 Å². The second kappa shape index (κ2) is 5.95. The molecule has 0 saturated heterocycles. The van der Waals surface area contributed by atoms with E-state index >= 15 is 0 Å². The van der Waals surface area contributed by atoms with Crippen molar-refractivity contribution in [3.63, 3.8) is 0 Å². The van der Waals surface area contributed by atoms with Crippen molar-refractivity contribution in [1.82, 2.24) is 5.32 Å². The van der Waals surface area contributed by atoms with Crippen LogP contribution in [0.15, 0.2) is 18.2 Å². The Morgan fingerprint density at radius 2 is 1.89 bits per heavy atom. The van der Waals surface area contributed by atoms with Crippen molar-refractivity contribution in [3.8, 4) is 11.5 Å². The van der Waals surface area contributed by atoms with Crippen molar-refractivity contribution in [1.29, 1.82) is 0 Å². The Bertz CT molecular complexity index is 453. The Hall–Kier alpha value is -1.71. The summed E-state index contributed by atoms with van der Waals surface area (Å²) in [6, 6.07) is 4.81. The Morgan fingerprint density at radius 1 is 1.21 bits per heavy atom. The molecule has 1 aliphatic carbocycles. The van der Waals surface area contributed by atoms with Crippen LogP contribution in [0.1, 0.15) is 50.5 Å². The highest BCUT2D eigenvalue weighted by atomic mass is 16.3. The molecule has 1 aromatic carbocycles. The van der Waals surface area contributed by atoms with E-state index in [1.54, 1.807) is 6.07 Å². The molecule has 0 spiro atoms.